The van der Waals surface area contributed by atoms with E-state index in [1.54, 1.807) is 0 Å². The first-order valence-electron chi connectivity index (χ1n) is 5.49. The zero-order valence-corrected chi connectivity index (χ0v) is 10.2. The Morgan fingerprint density at radius 1 is 1.31 bits per heavy atom. The predicted molar refractivity (Wildman–Crippen MR) is 59.7 cm³/mol. The van der Waals surface area contributed by atoms with Crippen LogP contribution >= 0.6 is 0 Å². The van der Waals surface area contributed by atoms with Crippen LogP contribution in [0.2, 0.25) is 25.2 Å². The van der Waals surface area contributed by atoms with Gasteiger partial charge in [-0.2, -0.15) is 0 Å². The fourth-order valence-electron chi connectivity index (χ4n) is 2.72. The molecule has 0 aromatic rings. The summed E-state index contributed by atoms with van der Waals surface area (Å²) in [6, 6.07) is 0. The van der Waals surface area contributed by atoms with Crippen LogP contribution in [0.1, 0.15) is 32.1 Å². The summed E-state index contributed by atoms with van der Waals surface area (Å²) in [5, 5.41) is 0. The Labute approximate surface area is 82.9 Å². The zero-order valence-electron chi connectivity index (χ0n) is 9.18. The van der Waals surface area contributed by atoms with E-state index in [0.29, 0.717) is 0 Å². The topological polar surface area (TPSA) is 17.1 Å². The third-order valence-corrected chi connectivity index (χ3v) is 6.36. The van der Waals surface area contributed by atoms with Crippen molar-refractivity contribution in [3.8, 4) is 0 Å². The van der Waals surface area contributed by atoms with Crippen LogP contribution < -0.4 is 0 Å². The molecule has 1 aliphatic carbocycles. The number of hydrogen-bond acceptors (Lipinski definition) is 1. The lowest BCUT2D eigenvalue weighted by molar-refractivity contribution is -0.108. The van der Waals surface area contributed by atoms with E-state index < -0.39 is 8.07 Å². The Morgan fingerprint density at radius 3 is 2.23 bits per heavy atom. The quantitative estimate of drug-likeness (QED) is 0.499. The lowest BCUT2D eigenvalue weighted by Crippen LogP contribution is -2.32. The summed E-state index contributed by atoms with van der Waals surface area (Å²) in [6.45, 7) is 7.21. The maximum Gasteiger partial charge on any atom is 0.119 e. The highest BCUT2D eigenvalue weighted by molar-refractivity contribution is 6.77. The number of carbonyl (C=O) groups is 1. The Balaban J connectivity index is 2.60. The minimum atomic E-state index is -1.10. The van der Waals surface area contributed by atoms with Gasteiger partial charge in [0, 0.05) is 14.5 Å². The van der Waals surface area contributed by atoms with Crippen molar-refractivity contribution in [3.63, 3.8) is 0 Å². The van der Waals surface area contributed by atoms with Gasteiger partial charge in [0.25, 0.3) is 0 Å². The lowest BCUT2D eigenvalue weighted by atomic mass is 10.0. The van der Waals surface area contributed by atoms with Crippen LogP contribution in [0.5, 0.6) is 0 Å². The van der Waals surface area contributed by atoms with Crippen molar-refractivity contribution in [1.29, 1.82) is 0 Å². The molecule has 1 saturated carbocycles. The van der Waals surface area contributed by atoms with Crippen molar-refractivity contribution in [3.05, 3.63) is 0 Å². The maximum atomic E-state index is 10.6. The van der Waals surface area contributed by atoms with Gasteiger partial charge in [0.15, 0.2) is 0 Å². The smallest absolute Gasteiger partial charge is 0.119 e. The van der Waals surface area contributed by atoms with E-state index in [-0.39, 0.29) is 0 Å². The molecule has 0 heterocycles. The fourth-order valence-corrected chi connectivity index (χ4v) is 5.27. The number of carbonyl (C=O) groups excluding carboxylic acids is 1. The molecule has 0 aromatic heterocycles. The number of hydrogen-bond donors (Lipinski definition) is 0. The summed E-state index contributed by atoms with van der Waals surface area (Å²) >= 11 is 0. The molecule has 1 unspecified atom stereocenters. The molecule has 1 atom stereocenters. The minimum Gasteiger partial charge on any atom is -0.303 e. The molecule has 0 N–H and O–H groups in total. The molecule has 0 radical (unpaired) electrons. The summed E-state index contributed by atoms with van der Waals surface area (Å²) in [5.74, 6) is 0.872. The van der Waals surface area contributed by atoms with Crippen molar-refractivity contribution >= 4 is 14.4 Å². The largest absolute Gasteiger partial charge is 0.303 e. The van der Waals surface area contributed by atoms with Crippen LogP contribution in [0, 0.1) is 5.92 Å². The third kappa shape index (κ3) is 2.94. The highest BCUT2D eigenvalue weighted by atomic mass is 28.3. The first kappa shape index (κ1) is 11.0. The number of aldehydes is 1. The summed E-state index contributed by atoms with van der Waals surface area (Å²) in [7, 11) is -1.10. The van der Waals surface area contributed by atoms with Gasteiger partial charge in [-0.3, -0.25) is 0 Å². The molecule has 1 fully saturated rings. The number of rotatable bonds is 4. The molecular weight excluding hydrogens is 176 g/mol. The SMILES string of the molecule is C[Si](C)(C)C(CC=O)C1CCCC1. The van der Waals surface area contributed by atoms with Gasteiger partial charge in [0.1, 0.15) is 6.29 Å². The molecule has 76 valence electrons. The Kier molecular flexibility index (Phi) is 3.71. The van der Waals surface area contributed by atoms with Crippen molar-refractivity contribution in [2.45, 2.75) is 57.3 Å². The Bertz CT molecular complexity index is 165. The van der Waals surface area contributed by atoms with Crippen LogP contribution in [0.15, 0.2) is 0 Å². The average Bonchev–Trinajstić information content (AvgIpc) is 2.49. The molecule has 0 amide bonds. The predicted octanol–water partition coefficient (Wildman–Crippen LogP) is 3.47. The monoisotopic (exact) mass is 198 g/mol. The van der Waals surface area contributed by atoms with Crippen LogP contribution in [-0.4, -0.2) is 14.4 Å². The molecule has 0 aliphatic heterocycles. The normalized spacial score (nSPS) is 21.8. The first-order valence-corrected chi connectivity index (χ1v) is 9.07. The van der Waals surface area contributed by atoms with Gasteiger partial charge < -0.3 is 4.79 Å². The zero-order chi connectivity index (χ0) is 9.90. The van der Waals surface area contributed by atoms with E-state index in [2.05, 4.69) is 19.6 Å². The molecular formula is C11H22OSi. The molecule has 0 saturated heterocycles. The van der Waals surface area contributed by atoms with Crippen LogP contribution in [0.25, 0.3) is 0 Å². The maximum absolute atomic E-state index is 10.6. The molecule has 0 spiro atoms. The first-order chi connectivity index (χ1) is 6.05. The van der Waals surface area contributed by atoms with E-state index in [1.807, 2.05) is 0 Å². The van der Waals surface area contributed by atoms with Gasteiger partial charge in [0.05, 0.1) is 0 Å². The van der Waals surface area contributed by atoms with Gasteiger partial charge in [0.2, 0.25) is 0 Å². The van der Waals surface area contributed by atoms with Crippen LogP contribution in [-0.2, 0) is 4.79 Å². The summed E-state index contributed by atoms with van der Waals surface area (Å²) in [5.41, 5.74) is 0.743. The highest BCUT2D eigenvalue weighted by Crippen LogP contribution is 2.41. The van der Waals surface area contributed by atoms with Gasteiger partial charge >= 0.3 is 0 Å². The summed E-state index contributed by atoms with van der Waals surface area (Å²) < 4.78 is 0. The second-order valence-electron chi connectivity index (χ2n) is 5.42. The summed E-state index contributed by atoms with van der Waals surface area (Å²) in [6.07, 6.45) is 7.50. The Morgan fingerprint density at radius 2 is 1.85 bits per heavy atom. The molecule has 1 rings (SSSR count). The van der Waals surface area contributed by atoms with Crippen LogP contribution in [0.3, 0.4) is 0 Å². The molecule has 1 aliphatic rings. The highest BCUT2D eigenvalue weighted by Gasteiger charge is 2.34. The minimum absolute atomic E-state index is 0.743. The van der Waals surface area contributed by atoms with E-state index in [4.69, 9.17) is 0 Å². The van der Waals surface area contributed by atoms with Gasteiger partial charge in [-0.15, -0.1) is 0 Å². The van der Waals surface area contributed by atoms with Crippen molar-refractivity contribution < 1.29 is 4.79 Å². The standard InChI is InChI=1S/C11H22OSi/c1-13(2,3)11(8-9-12)10-6-4-5-7-10/h9-11H,4-8H2,1-3H3. The van der Waals surface area contributed by atoms with E-state index in [0.717, 1.165) is 24.2 Å². The van der Waals surface area contributed by atoms with Crippen molar-refractivity contribution in [1.82, 2.24) is 0 Å². The van der Waals surface area contributed by atoms with Gasteiger partial charge in [-0.05, 0) is 11.5 Å². The molecule has 13 heavy (non-hydrogen) atoms. The molecule has 1 nitrogen and oxygen atoms in total. The van der Waals surface area contributed by atoms with Crippen molar-refractivity contribution in [2.75, 3.05) is 0 Å². The van der Waals surface area contributed by atoms with E-state index in [1.165, 1.54) is 25.7 Å². The average molecular weight is 198 g/mol. The fraction of sp³-hybridized carbons (Fsp3) is 0.909. The second-order valence-corrected chi connectivity index (χ2v) is 10.9. The molecule has 0 aromatic carbocycles. The van der Waals surface area contributed by atoms with E-state index in [9.17, 15) is 4.79 Å². The third-order valence-electron chi connectivity index (χ3n) is 3.43. The van der Waals surface area contributed by atoms with Gasteiger partial charge in [-0.1, -0.05) is 45.3 Å². The Hall–Kier alpha value is -0.113. The lowest BCUT2D eigenvalue weighted by Gasteiger charge is -2.32. The molecule has 2 heteroatoms. The molecule has 0 bridgehead atoms. The van der Waals surface area contributed by atoms with E-state index >= 15 is 0 Å². The second kappa shape index (κ2) is 4.40. The van der Waals surface area contributed by atoms with Crippen LogP contribution in [0.4, 0.5) is 0 Å². The van der Waals surface area contributed by atoms with Gasteiger partial charge in [-0.25, -0.2) is 0 Å². The van der Waals surface area contributed by atoms with Crippen molar-refractivity contribution in [2.24, 2.45) is 5.92 Å². The summed E-state index contributed by atoms with van der Waals surface area (Å²) in [4.78, 5) is 10.6.